The summed E-state index contributed by atoms with van der Waals surface area (Å²) in [5.41, 5.74) is 4.26. The lowest BCUT2D eigenvalue weighted by molar-refractivity contribution is -0.139. The van der Waals surface area contributed by atoms with Crippen molar-refractivity contribution < 1.29 is 19.8 Å². The molecule has 6 aromatic rings. The number of aliphatic hydroxyl groups excluding tert-OH is 1. The van der Waals surface area contributed by atoms with Gasteiger partial charge in [0, 0.05) is 39.8 Å². The maximum absolute atomic E-state index is 14.2. The summed E-state index contributed by atoms with van der Waals surface area (Å²) in [5, 5.41) is 32.7. The molecule has 0 saturated heterocycles. The van der Waals surface area contributed by atoms with E-state index in [4.69, 9.17) is 0 Å². The lowest BCUT2D eigenvalue weighted by atomic mass is 9.83. The summed E-state index contributed by atoms with van der Waals surface area (Å²) in [6.07, 6.45) is 6.28. The van der Waals surface area contributed by atoms with Crippen molar-refractivity contribution >= 4 is 55.6 Å². The quantitative estimate of drug-likeness (QED) is 0.132. The van der Waals surface area contributed by atoms with Gasteiger partial charge >= 0.3 is 0 Å². The largest absolute Gasteiger partial charge is 0.395 e. The molecule has 3 heterocycles. The molecule has 2 aliphatic rings. The Kier molecular flexibility index (Phi) is 8.82. The van der Waals surface area contributed by atoms with Gasteiger partial charge in [-0.15, -0.1) is 5.10 Å². The first-order chi connectivity index (χ1) is 25.3. The number of aromatic nitrogens is 3. The highest BCUT2D eigenvalue weighted by Gasteiger charge is 2.52. The summed E-state index contributed by atoms with van der Waals surface area (Å²) in [7, 11) is 0. The molecule has 0 bridgehead atoms. The van der Waals surface area contributed by atoms with Gasteiger partial charge in [-0.1, -0.05) is 107 Å². The molecule has 52 heavy (non-hydrogen) atoms. The van der Waals surface area contributed by atoms with Crippen molar-refractivity contribution in [2.75, 3.05) is 16.4 Å². The van der Waals surface area contributed by atoms with Crippen LogP contribution in [0.2, 0.25) is 0 Å². The van der Waals surface area contributed by atoms with E-state index in [2.05, 4.69) is 26.2 Å². The second kappa shape index (κ2) is 13.6. The van der Waals surface area contributed by atoms with E-state index in [0.29, 0.717) is 35.5 Å². The SMILES string of the molecule is C[C@H](/C=C/CCn1cc(C(CO)c2ccccc2)nn1)[C@@]1(O)C(=O)N(Cc2ccc(N3C(=O)c4cccc5cccc3c45)cc2)c2ccc(Br)cc21. The van der Waals surface area contributed by atoms with Crippen LogP contribution in [0.3, 0.4) is 0 Å². The number of aryl methyl sites for hydroxylation is 1. The minimum Gasteiger partial charge on any atom is -0.395 e. The molecule has 2 aliphatic heterocycles. The summed E-state index contributed by atoms with van der Waals surface area (Å²) in [5.74, 6) is -1.24. The first kappa shape index (κ1) is 33.7. The Morgan fingerprint density at radius 3 is 2.44 bits per heavy atom. The Morgan fingerprint density at radius 1 is 0.904 bits per heavy atom. The number of allylic oxidation sites excluding steroid dienone is 1. The molecule has 0 radical (unpaired) electrons. The van der Waals surface area contributed by atoms with E-state index in [0.717, 1.165) is 37.7 Å². The molecule has 0 fully saturated rings. The average Bonchev–Trinajstić information content (AvgIpc) is 3.81. The van der Waals surface area contributed by atoms with Crippen molar-refractivity contribution in [1.82, 2.24) is 15.0 Å². The number of anilines is 3. The zero-order valence-corrected chi connectivity index (χ0v) is 30.0. The maximum atomic E-state index is 14.2. The highest BCUT2D eigenvalue weighted by molar-refractivity contribution is 9.10. The predicted octanol–water partition coefficient (Wildman–Crippen LogP) is 7.63. The summed E-state index contributed by atoms with van der Waals surface area (Å²) < 4.78 is 2.51. The van der Waals surface area contributed by atoms with Gasteiger partial charge in [-0.3, -0.25) is 19.2 Å². The summed E-state index contributed by atoms with van der Waals surface area (Å²) in [6.45, 7) is 2.58. The smallest absolute Gasteiger partial charge is 0.264 e. The number of benzene rings is 5. The van der Waals surface area contributed by atoms with Gasteiger partial charge in [0.05, 0.1) is 41.7 Å². The van der Waals surface area contributed by atoms with Crippen LogP contribution in [0.1, 0.15) is 52.0 Å². The first-order valence-corrected chi connectivity index (χ1v) is 18.1. The molecule has 2 amide bonds. The molecule has 8 rings (SSSR count). The van der Waals surface area contributed by atoms with Gasteiger partial charge in [0.15, 0.2) is 5.60 Å². The molecule has 260 valence electrons. The van der Waals surface area contributed by atoms with Crippen LogP contribution in [-0.2, 0) is 23.5 Å². The molecule has 5 aromatic carbocycles. The minimum absolute atomic E-state index is 0.0645. The fourth-order valence-corrected chi connectivity index (χ4v) is 7.83. The minimum atomic E-state index is -1.77. The number of aliphatic hydroxyl groups is 2. The van der Waals surface area contributed by atoms with E-state index in [9.17, 15) is 19.8 Å². The summed E-state index contributed by atoms with van der Waals surface area (Å²) in [4.78, 5) is 31.0. The fourth-order valence-electron chi connectivity index (χ4n) is 7.47. The maximum Gasteiger partial charge on any atom is 0.264 e. The fraction of sp³-hybridized carbons (Fsp3) is 0.190. The Hall–Kier alpha value is -5.42. The van der Waals surface area contributed by atoms with Gasteiger partial charge in [-0.2, -0.15) is 0 Å². The molecule has 10 heteroatoms. The third kappa shape index (κ3) is 5.73. The van der Waals surface area contributed by atoms with Crippen molar-refractivity contribution in [1.29, 1.82) is 0 Å². The van der Waals surface area contributed by atoms with Gasteiger partial charge in [0.25, 0.3) is 11.8 Å². The second-order valence-electron chi connectivity index (χ2n) is 13.4. The highest BCUT2D eigenvalue weighted by Crippen LogP contribution is 2.47. The van der Waals surface area contributed by atoms with Crippen LogP contribution in [0.5, 0.6) is 0 Å². The molecule has 0 aliphatic carbocycles. The number of halogens is 1. The molecule has 0 saturated carbocycles. The van der Waals surface area contributed by atoms with Crippen LogP contribution in [0.15, 0.2) is 132 Å². The van der Waals surface area contributed by atoms with Crippen LogP contribution >= 0.6 is 15.9 Å². The topological polar surface area (TPSA) is 112 Å². The lowest BCUT2D eigenvalue weighted by Crippen LogP contribution is -2.44. The van der Waals surface area contributed by atoms with E-state index in [1.807, 2.05) is 134 Å². The van der Waals surface area contributed by atoms with Crippen LogP contribution in [0, 0.1) is 5.92 Å². The van der Waals surface area contributed by atoms with Gasteiger partial charge < -0.3 is 15.1 Å². The van der Waals surface area contributed by atoms with E-state index in [1.165, 1.54) is 0 Å². The summed E-state index contributed by atoms with van der Waals surface area (Å²) >= 11 is 3.54. The first-order valence-electron chi connectivity index (χ1n) is 17.3. The van der Waals surface area contributed by atoms with Crippen molar-refractivity contribution in [2.45, 2.75) is 38.0 Å². The van der Waals surface area contributed by atoms with Crippen LogP contribution in [-0.4, -0.2) is 43.6 Å². The van der Waals surface area contributed by atoms with Crippen molar-refractivity contribution in [3.63, 3.8) is 0 Å². The van der Waals surface area contributed by atoms with Gasteiger partial charge in [-0.05, 0) is 65.4 Å². The molecule has 1 unspecified atom stereocenters. The van der Waals surface area contributed by atoms with Crippen molar-refractivity contribution in [3.05, 3.63) is 160 Å². The second-order valence-corrected chi connectivity index (χ2v) is 14.3. The molecule has 0 spiro atoms. The van der Waals surface area contributed by atoms with E-state index >= 15 is 0 Å². The third-order valence-electron chi connectivity index (χ3n) is 10.2. The third-order valence-corrected chi connectivity index (χ3v) is 10.7. The number of carbonyl (C=O) groups is 2. The number of hydrogen-bond donors (Lipinski definition) is 2. The monoisotopic (exact) mass is 753 g/mol. The summed E-state index contributed by atoms with van der Waals surface area (Å²) in [6, 6.07) is 34.7. The number of amides is 2. The van der Waals surface area contributed by atoms with Gasteiger partial charge in [-0.25, -0.2) is 0 Å². The van der Waals surface area contributed by atoms with E-state index in [-0.39, 0.29) is 25.0 Å². The molecule has 1 aromatic heterocycles. The predicted molar refractivity (Wildman–Crippen MR) is 204 cm³/mol. The van der Waals surface area contributed by atoms with E-state index < -0.39 is 17.4 Å². The molecule has 2 N–H and O–H groups in total. The highest BCUT2D eigenvalue weighted by atomic mass is 79.9. The molecule has 3 atom stereocenters. The Labute approximate surface area is 309 Å². The van der Waals surface area contributed by atoms with E-state index in [1.54, 1.807) is 14.5 Å². The van der Waals surface area contributed by atoms with Gasteiger partial charge in [0.1, 0.15) is 0 Å². The molecule has 9 nitrogen and oxygen atoms in total. The zero-order chi connectivity index (χ0) is 36.0. The zero-order valence-electron chi connectivity index (χ0n) is 28.4. The van der Waals surface area contributed by atoms with Crippen molar-refractivity contribution in [2.24, 2.45) is 5.92 Å². The number of fused-ring (bicyclic) bond motifs is 1. The van der Waals surface area contributed by atoms with Crippen LogP contribution in [0.4, 0.5) is 17.1 Å². The molecular weight excluding hydrogens is 718 g/mol. The Bertz CT molecular complexity index is 2340. The normalized spacial score (nSPS) is 17.8. The Balaban J connectivity index is 0.971. The average molecular weight is 755 g/mol. The Morgan fingerprint density at radius 2 is 1.67 bits per heavy atom. The number of rotatable bonds is 11. The van der Waals surface area contributed by atoms with Gasteiger partial charge in [0.2, 0.25) is 0 Å². The number of carbonyl (C=O) groups excluding carboxylic acids is 2. The van der Waals surface area contributed by atoms with Crippen molar-refractivity contribution in [3.8, 4) is 0 Å². The number of hydrogen-bond acceptors (Lipinski definition) is 6. The standard InChI is InChI=1S/C42H36BrN5O4/c1-27(9-5-6-22-46-25-36(44-45-46)34(26-49)29-10-3-2-4-11-29)42(52)35-23-31(43)18-21-37(35)47(41(42)51)24-28-16-19-32(20-17-28)48-38-15-8-13-30-12-7-14-33(39(30)38)40(48)50/h2-5,7-21,23,25,27,34,49,52H,6,22,24,26H2,1H3/b9-5+/t27-,34?,42+/m1/s1. The molecular formula is C42H36BrN5O4. The van der Waals surface area contributed by atoms with Crippen LogP contribution in [0.25, 0.3) is 10.8 Å². The van der Waals surface area contributed by atoms with Crippen LogP contribution < -0.4 is 9.80 Å². The lowest BCUT2D eigenvalue weighted by Gasteiger charge is -2.28. The number of nitrogens with zero attached hydrogens (tertiary/aromatic N) is 5.